The van der Waals surface area contributed by atoms with Crippen LogP contribution in [0.4, 0.5) is 0 Å². The number of hydrogen-bond donors (Lipinski definition) is 3. The largest absolute Gasteiger partial charge is 0.493 e. The lowest BCUT2D eigenvalue weighted by molar-refractivity contribution is -0.123. The van der Waals surface area contributed by atoms with Gasteiger partial charge in [-0.2, -0.15) is 0 Å². The third-order valence-electron chi connectivity index (χ3n) is 3.53. The Morgan fingerprint density at radius 3 is 3.05 bits per heavy atom. The van der Waals surface area contributed by atoms with Crippen LogP contribution in [0.2, 0.25) is 0 Å². The Hall–Kier alpha value is -1.59. The fourth-order valence-electron chi connectivity index (χ4n) is 2.44. The van der Waals surface area contributed by atoms with Gasteiger partial charge in [-0.25, -0.2) is 0 Å². The van der Waals surface area contributed by atoms with E-state index in [0.29, 0.717) is 25.2 Å². The third-order valence-corrected chi connectivity index (χ3v) is 3.53. The van der Waals surface area contributed by atoms with E-state index < -0.39 is 6.10 Å². The lowest BCUT2D eigenvalue weighted by Gasteiger charge is -2.22. The molecule has 1 aromatic rings. The molecule has 1 amide bonds. The Balaban J connectivity index is 2.11. The predicted octanol–water partition coefficient (Wildman–Crippen LogP) is 1.07. The van der Waals surface area contributed by atoms with Gasteiger partial charge >= 0.3 is 0 Å². The van der Waals surface area contributed by atoms with Gasteiger partial charge in [0.05, 0.1) is 12.6 Å². The second kappa shape index (κ2) is 6.72. The van der Waals surface area contributed by atoms with E-state index in [4.69, 9.17) is 9.84 Å². The van der Waals surface area contributed by atoms with E-state index in [-0.39, 0.29) is 25.0 Å². The molecule has 0 aromatic heterocycles. The van der Waals surface area contributed by atoms with Gasteiger partial charge in [0.1, 0.15) is 11.9 Å². The number of ether oxygens (including phenoxy) is 1. The average Bonchev–Trinajstić information content (AvgIpc) is 2.59. The zero-order valence-corrected chi connectivity index (χ0v) is 11.6. The molecule has 1 aromatic carbocycles. The summed E-state index contributed by atoms with van der Waals surface area (Å²) in [5.41, 5.74) is 1.70. The maximum Gasteiger partial charge on any atom is 0.220 e. The van der Waals surface area contributed by atoms with E-state index in [1.165, 1.54) is 0 Å². The Bertz CT molecular complexity index is 475. The summed E-state index contributed by atoms with van der Waals surface area (Å²) >= 11 is 0. The van der Waals surface area contributed by atoms with E-state index >= 15 is 0 Å². The first kappa shape index (κ1) is 14.8. The van der Waals surface area contributed by atoms with Crippen LogP contribution < -0.4 is 10.1 Å². The Morgan fingerprint density at radius 1 is 1.50 bits per heavy atom. The maximum atomic E-state index is 11.7. The number of nitrogens with one attached hydrogen (secondary N) is 1. The fraction of sp³-hybridized carbons (Fsp3) is 0.533. The molecular weight excluding hydrogens is 258 g/mol. The van der Waals surface area contributed by atoms with Gasteiger partial charge in [0.25, 0.3) is 0 Å². The molecule has 0 fully saturated rings. The SMILES string of the molecule is Cc1cccc2c1OCCC(NC(=O)CCCO)C2O. The number of aryl methyl sites for hydroxylation is 1. The molecule has 0 saturated heterocycles. The highest BCUT2D eigenvalue weighted by Gasteiger charge is 2.28. The van der Waals surface area contributed by atoms with Crippen LogP contribution in [-0.4, -0.2) is 35.4 Å². The number of rotatable bonds is 4. The van der Waals surface area contributed by atoms with Crippen LogP contribution in [0.15, 0.2) is 18.2 Å². The molecule has 0 aliphatic carbocycles. The number of carbonyl (C=O) groups is 1. The number of para-hydroxylation sites is 1. The molecule has 0 bridgehead atoms. The van der Waals surface area contributed by atoms with Gasteiger partial charge in [-0.3, -0.25) is 4.79 Å². The molecule has 0 radical (unpaired) electrons. The number of hydrogen-bond acceptors (Lipinski definition) is 4. The van der Waals surface area contributed by atoms with E-state index in [1.54, 1.807) is 0 Å². The highest BCUT2D eigenvalue weighted by Crippen LogP contribution is 2.34. The Morgan fingerprint density at radius 2 is 2.30 bits per heavy atom. The lowest BCUT2D eigenvalue weighted by atomic mass is 9.98. The molecular formula is C15H21NO4. The molecule has 1 heterocycles. The number of benzene rings is 1. The molecule has 3 N–H and O–H groups in total. The monoisotopic (exact) mass is 279 g/mol. The van der Waals surface area contributed by atoms with Crippen molar-refractivity contribution in [3.8, 4) is 5.75 Å². The quantitative estimate of drug-likeness (QED) is 0.770. The number of aliphatic hydroxyl groups excluding tert-OH is 2. The first-order chi connectivity index (χ1) is 9.63. The normalized spacial score (nSPS) is 21.6. The van der Waals surface area contributed by atoms with Gasteiger partial charge in [0.2, 0.25) is 5.91 Å². The molecule has 1 aliphatic heterocycles. The Labute approximate surface area is 118 Å². The molecule has 1 aliphatic rings. The fourth-order valence-corrected chi connectivity index (χ4v) is 2.44. The van der Waals surface area contributed by atoms with Gasteiger partial charge < -0.3 is 20.3 Å². The molecule has 5 nitrogen and oxygen atoms in total. The second-order valence-corrected chi connectivity index (χ2v) is 5.08. The minimum Gasteiger partial charge on any atom is -0.493 e. The van der Waals surface area contributed by atoms with Gasteiger partial charge in [0, 0.05) is 25.0 Å². The maximum absolute atomic E-state index is 11.7. The van der Waals surface area contributed by atoms with Gasteiger partial charge in [0.15, 0.2) is 0 Å². The van der Waals surface area contributed by atoms with Crippen molar-refractivity contribution in [3.63, 3.8) is 0 Å². The van der Waals surface area contributed by atoms with Crippen LogP contribution in [0.3, 0.4) is 0 Å². The van der Waals surface area contributed by atoms with Crippen LogP contribution in [0.5, 0.6) is 5.75 Å². The zero-order chi connectivity index (χ0) is 14.5. The number of aliphatic hydroxyl groups is 2. The highest BCUT2D eigenvalue weighted by molar-refractivity contribution is 5.76. The average molecular weight is 279 g/mol. The summed E-state index contributed by atoms with van der Waals surface area (Å²) < 4.78 is 5.69. The second-order valence-electron chi connectivity index (χ2n) is 5.08. The van der Waals surface area contributed by atoms with Crippen molar-refractivity contribution in [2.24, 2.45) is 0 Å². The molecule has 2 rings (SSSR count). The van der Waals surface area contributed by atoms with Crippen LogP contribution in [0.1, 0.15) is 36.5 Å². The summed E-state index contributed by atoms with van der Waals surface area (Å²) in [5.74, 6) is 0.561. The van der Waals surface area contributed by atoms with Gasteiger partial charge in [-0.05, 0) is 18.9 Å². The van der Waals surface area contributed by atoms with Crippen LogP contribution in [0.25, 0.3) is 0 Å². The van der Waals surface area contributed by atoms with Crippen molar-refractivity contribution in [2.75, 3.05) is 13.2 Å². The molecule has 0 saturated carbocycles. The van der Waals surface area contributed by atoms with E-state index in [9.17, 15) is 9.90 Å². The van der Waals surface area contributed by atoms with Crippen LogP contribution >= 0.6 is 0 Å². The molecule has 2 unspecified atom stereocenters. The first-order valence-electron chi connectivity index (χ1n) is 6.94. The van der Waals surface area contributed by atoms with Gasteiger partial charge in [-0.1, -0.05) is 18.2 Å². The van der Waals surface area contributed by atoms with Crippen molar-refractivity contribution in [1.29, 1.82) is 0 Å². The van der Waals surface area contributed by atoms with Crippen molar-refractivity contribution >= 4 is 5.91 Å². The zero-order valence-electron chi connectivity index (χ0n) is 11.6. The molecule has 2 atom stereocenters. The first-order valence-corrected chi connectivity index (χ1v) is 6.94. The summed E-state index contributed by atoms with van der Waals surface area (Å²) in [6, 6.07) is 5.28. The van der Waals surface area contributed by atoms with E-state index in [1.807, 2.05) is 25.1 Å². The molecule has 0 spiro atoms. The van der Waals surface area contributed by atoms with Crippen molar-refractivity contribution < 1.29 is 19.7 Å². The number of fused-ring (bicyclic) bond motifs is 1. The minimum atomic E-state index is -0.773. The lowest BCUT2D eigenvalue weighted by Crippen LogP contribution is -2.39. The molecule has 5 heteroatoms. The van der Waals surface area contributed by atoms with E-state index in [2.05, 4.69) is 5.32 Å². The van der Waals surface area contributed by atoms with Crippen LogP contribution in [-0.2, 0) is 4.79 Å². The molecule has 110 valence electrons. The topological polar surface area (TPSA) is 78.8 Å². The van der Waals surface area contributed by atoms with Crippen LogP contribution in [0, 0.1) is 6.92 Å². The molecule has 20 heavy (non-hydrogen) atoms. The minimum absolute atomic E-state index is 0.00816. The van der Waals surface area contributed by atoms with Crippen molar-refractivity contribution in [1.82, 2.24) is 5.32 Å². The smallest absolute Gasteiger partial charge is 0.220 e. The number of amides is 1. The summed E-state index contributed by atoms with van der Waals surface area (Å²) in [7, 11) is 0. The summed E-state index contributed by atoms with van der Waals surface area (Å²) in [6.45, 7) is 2.39. The van der Waals surface area contributed by atoms with E-state index in [0.717, 1.165) is 11.1 Å². The van der Waals surface area contributed by atoms with Gasteiger partial charge in [-0.15, -0.1) is 0 Å². The predicted molar refractivity (Wildman–Crippen MR) is 74.5 cm³/mol. The Kier molecular flexibility index (Phi) is 4.98. The van der Waals surface area contributed by atoms with Crippen molar-refractivity contribution in [3.05, 3.63) is 29.3 Å². The summed E-state index contributed by atoms with van der Waals surface area (Å²) in [6.07, 6.45) is 0.480. The highest BCUT2D eigenvalue weighted by atomic mass is 16.5. The standard InChI is InChI=1S/C15H21NO4/c1-10-4-2-5-11-14(19)12(7-9-20-15(10)11)16-13(18)6-3-8-17/h2,4-5,12,14,17,19H,3,6-9H2,1H3,(H,16,18). The summed E-state index contributed by atoms with van der Waals surface area (Å²) in [4.78, 5) is 11.7. The third kappa shape index (κ3) is 3.29. The van der Waals surface area contributed by atoms with Crippen molar-refractivity contribution in [2.45, 2.75) is 38.3 Å². The summed E-state index contributed by atoms with van der Waals surface area (Å²) in [5, 5.41) is 22.0. The number of carbonyl (C=O) groups excluding carboxylic acids is 1.